The molecule has 7 heteroatoms. The van der Waals surface area contributed by atoms with Crippen molar-refractivity contribution in [3.05, 3.63) is 29.3 Å². The molecule has 4 amide bonds. The van der Waals surface area contributed by atoms with Gasteiger partial charge in [0.05, 0.1) is 0 Å². The van der Waals surface area contributed by atoms with Crippen molar-refractivity contribution >= 4 is 23.9 Å². The third kappa shape index (κ3) is 2.20. The minimum absolute atomic E-state index is 0.0683. The van der Waals surface area contributed by atoms with Gasteiger partial charge in [0.25, 0.3) is 11.8 Å². The molecule has 0 unspecified atom stereocenters. The Morgan fingerprint density at radius 3 is 2.18 bits per heavy atom. The molecule has 0 saturated carbocycles. The minimum atomic E-state index is -0.644. The number of fused-ring (bicyclic) bond motifs is 1. The van der Waals surface area contributed by atoms with Gasteiger partial charge in [-0.15, -0.1) is 0 Å². The normalized spacial score (nSPS) is 17.9. The van der Waals surface area contributed by atoms with Gasteiger partial charge in [0.2, 0.25) is 0 Å². The molecule has 1 fully saturated rings. The number of carbonyl (C=O) groups is 3. The van der Waals surface area contributed by atoms with E-state index in [9.17, 15) is 14.4 Å². The molecule has 7 nitrogen and oxygen atoms in total. The van der Waals surface area contributed by atoms with E-state index >= 15 is 0 Å². The summed E-state index contributed by atoms with van der Waals surface area (Å²) in [6, 6.07) is 4.49. The fourth-order valence-electron chi connectivity index (χ4n) is 2.29. The molecular weight excluding hydrogens is 288 g/mol. The van der Waals surface area contributed by atoms with Gasteiger partial charge in [0.1, 0.15) is 18.8 Å². The lowest BCUT2D eigenvalue weighted by Gasteiger charge is -2.28. The Hall–Kier alpha value is -2.83. The van der Waals surface area contributed by atoms with E-state index < -0.39 is 17.8 Å². The van der Waals surface area contributed by atoms with E-state index in [0.717, 1.165) is 9.80 Å². The Morgan fingerprint density at radius 2 is 1.55 bits per heavy atom. The lowest BCUT2D eigenvalue weighted by molar-refractivity contribution is -0.134. The molecule has 22 heavy (non-hydrogen) atoms. The first-order chi connectivity index (χ1) is 10.5. The van der Waals surface area contributed by atoms with Crippen LogP contribution in [0.15, 0.2) is 23.8 Å². The third-order valence-electron chi connectivity index (χ3n) is 3.52. The van der Waals surface area contributed by atoms with Crippen molar-refractivity contribution < 1.29 is 23.9 Å². The molecule has 1 saturated heterocycles. The van der Waals surface area contributed by atoms with E-state index in [2.05, 4.69) is 0 Å². The Balaban J connectivity index is 1.98. The number of benzene rings is 1. The van der Waals surface area contributed by atoms with Crippen molar-refractivity contribution in [1.82, 2.24) is 9.80 Å². The zero-order valence-electron chi connectivity index (χ0n) is 12.2. The van der Waals surface area contributed by atoms with E-state index in [4.69, 9.17) is 9.47 Å². The van der Waals surface area contributed by atoms with Crippen LogP contribution in [0.1, 0.15) is 5.56 Å². The highest BCUT2D eigenvalue weighted by Gasteiger charge is 2.37. The smallest absolute Gasteiger partial charge is 0.333 e. The molecule has 2 heterocycles. The maximum absolute atomic E-state index is 12.1. The largest absolute Gasteiger partial charge is 0.486 e. The Kier molecular flexibility index (Phi) is 3.32. The molecule has 0 aromatic heterocycles. The standard InChI is InChI=1S/C15H14N2O5/c1-16-13(18)10(14(19)17(2)15(16)20)7-9-3-4-11-12(8-9)22-6-5-21-11/h3-4,7-8H,5-6H2,1-2H3. The van der Waals surface area contributed by atoms with Crippen molar-refractivity contribution in [2.45, 2.75) is 0 Å². The fourth-order valence-corrected chi connectivity index (χ4v) is 2.29. The second-order valence-corrected chi connectivity index (χ2v) is 4.97. The van der Waals surface area contributed by atoms with Gasteiger partial charge in [-0.1, -0.05) is 6.07 Å². The Labute approximate surface area is 126 Å². The predicted octanol–water partition coefficient (Wildman–Crippen LogP) is 0.892. The van der Waals surface area contributed by atoms with Crippen LogP contribution in [0.3, 0.4) is 0 Å². The zero-order valence-corrected chi connectivity index (χ0v) is 12.2. The van der Waals surface area contributed by atoms with E-state index in [1.54, 1.807) is 18.2 Å². The van der Waals surface area contributed by atoms with Gasteiger partial charge in [-0.3, -0.25) is 19.4 Å². The SMILES string of the molecule is CN1C(=O)C(=Cc2ccc3c(c2)OCCO3)C(=O)N(C)C1=O. The highest BCUT2D eigenvalue weighted by molar-refractivity contribution is 6.30. The van der Waals surface area contributed by atoms with Crippen LogP contribution in [0.5, 0.6) is 11.5 Å². The second-order valence-electron chi connectivity index (χ2n) is 4.97. The first-order valence-electron chi connectivity index (χ1n) is 6.70. The lowest BCUT2D eigenvalue weighted by Crippen LogP contribution is -2.52. The molecule has 0 aliphatic carbocycles. The minimum Gasteiger partial charge on any atom is -0.486 e. The number of hydrogen-bond acceptors (Lipinski definition) is 5. The molecule has 0 bridgehead atoms. The number of amides is 4. The number of rotatable bonds is 1. The maximum Gasteiger partial charge on any atom is 0.333 e. The number of imide groups is 2. The summed E-state index contributed by atoms with van der Waals surface area (Å²) in [6.07, 6.45) is 1.45. The second kappa shape index (κ2) is 5.18. The molecule has 0 atom stereocenters. The van der Waals surface area contributed by atoms with Crippen molar-refractivity contribution in [3.8, 4) is 11.5 Å². The summed E-state index contributed by atoms with van der Waals surface area (Å²) < 4.78 is 10.9. The summed E-state index contributed by atoms with van der Waals surface area (Å²) >= 11 is 0. The van der Waals surface area contributed by atoms with Gasteiger partial charge < -0.3 is 9.47 Å². The summed E-state index contributed by atoms with van der Waals surface area (Å²) in [5.74, 6) is -0.0563. The summed E-state index contributed by atoms with van der Waals surface area (Å²) in [7, 11) is 2.68. The van der Waals surface area contributed by atoms with E-state index in [1.165, 1.54) is 20.2 Å². The molecule has 0 N–H and O–H groups in total. The highest BCUT2D eigenvalue weighted by atomic mass is 16.6. The summed E-state index contributed by atoms with van der Waals surface area (Å²) in [6.45, 7) is 0.937. The van der Waals surface area contributed by atoms with Gasteiger partial charge in [0.15, 0.2) is 11.5 Å². The Bertz CT molecular complexity index is 684. The van der Waals surface area contributed by atoms with E-state index in [0.29, 0.717) is 30.3 Å². The van der Waals surface area contributed by atoms with Gasteiger partial charge in [-0.05, 0) is 23.8 Å². The molecule has 3 rings (SSSR count). The van der Waals surface area contributed by atoms with Crippen LogP contribution in [-0.4, -0.2) is 55.0 Å². The van der Waals surface area contributed by atoms with Crippen LogP contribution < -0.4 is 9.47 Å². The van der Waals surface area contributed by atoms with Crippen molar-refractivity contribution in [2.75, 3.05) is 27.3 Å². The third-order valence-corrected chi connectivity index (χ3v) is 3.52. The zero-order chi connectivity index (χ0) is 15.9. The number of hydrogen-bond donors (Lipinski definition) is 0. The Morgan fingerprint density at radius 1 is 0.955 bits per heavy atom. The van der Waals surface area contributed by atoms with Crippen molar-refractivity contribution in [2.24, 2.45) is 0 Å². The molecule has 0 spiro atoms. The van der Waals surface area contributed by atoms with Crippen molar-refractivity contribution in [1.29, 1.82) is 0 Å². The molecule has 114 valence electrons. The van der Waals surface area contributed by atoms with Gasteiger partial charge >= 0.3 is 6.03 Å². The van der Waals surface area contributed by atoms with Crippen LogP contribution in [0.4, 0.5) is 4.79 Å². The summed E-state index contributed by atoms with van der Waals surface area (Å²) in [5.41, 5.74) is 0.554. The maximum atomic E-state index is 12.1. The average Bonchev–Trinajstić information content (AvgIpc) is 2.55. The summed E-state index contributed by atoms with van der Waals surface area (Å²) in [4.78, 5) is 37.7. The first-order valence-corrected chi connectivity index (χ1v) is 6.70. The number of carbonyl (C=O) groups excluding carboxylic acids is 3. The quantitative estimate of drug-likeness (QED) is 0.569. The number of likely N-dealkylation sites (N-methyl/N-ethyl adjacent to an activating group) is 2. The molecule has 1 aromatic rings. The van der Waals surface area contributed by atoms with Crippen molar-refractivity contribution in [3.63, 3.8) is 0 Å². The number of urea groups is 1. The van der Waals surface area contributed by atoms with Gasteiger partial charge in [0, 0.05) is 14.1 Å². The molecule has 1 aromatic carbocycles. The van der Waals surface area contributed by atoms with Crippen LogP contribution >= 0.6 is 0 Å². The van der Waals surface area contributed by atoms with Crippen LogP contribution in [-0.2, 0) is 9.59 Å². The van der Waals surface area contributed by atoms with Crippen LogP contribution in [0.25, 0.3) is 6.08 Å². The number of ether oxygens (including phenoxy) is 2. The van der Waals surface area contributed by atoms with E-state index in [1.807, 2.05) is 0 Å². The number of barbiturate groups is 1. The van der Waals surface area contributed by atoms with Crippen LogP contribution in [0, 0.1) is 0 Å². The molecular formula is C15H14N2O5. The summed E-state index contributed by atoms with van der Waals surface area (Å²) in [5, 5.41) is 0. The average molecular weight is 302 g/mol. The number of nitrogens with zero attached hydrogens (tertiary/aromatic N) is 2. The van der Waals surface area contributed by atoms with Crippen LogP contribution in [0.2, 0.25) is 0 Å². The van der Waals surface area contributed by atoms with Gasteiger partial charge in [-0.25, -0.2) is 4.79 Å². The first kappa shape index (κ1) is 14.1. The lowest BCUT2D eigenvalue weighted by atomic mass is 10.1. The van der Waals surface area contributed by atoms with E-state index in [-0.39, 0.29) is 5.57 Å². The van der Waals surface area contributed by atoms with Gasteiger partial charge in [-0.2, -0.15) is 0 Å². The monoisotopic (exact) mass is 302 g/mol. The molecule has 2 aliphatic rings. The molecule has 0 radical (unpaired) electrons. The predicted molar refractivity (Wildman–Crippen MR) is 76.3 cm³/mol. The fraction of sp³-hybridized carbons (Fsp3) is 0.267. The highest BCUT2D eigenvalue weighted by Crippen LogP contribution is 2.31. The molecule has 2 aliphatic heterocycles. The topological polar surface area (TPSA) is 76.2 Å².